The number of amidine groups is 1. The molecule has 8 heteroatoms. The van der Waals surface area contributed by atoms with Crippen molar-refractivity contribution >= 4 is 11.7 Å². The molecule has 0 aliphatic rings. The van der Waals surface area contributed by atoms with Gasteiger partial charge in [0.15, 0.2) is 0 Å². The number of rotatable bonds is 4. The maximum absolute atomic E-state index is 12.4. The first-order valence-electron chi connectivity index (χ1n) is 6.01. The summed E-state index contributed by atoms with van der Waals surface area (Å²) in [5, 5.41) is 14.0. The number of hydrogen-bond acceptors (Lipinski definition) is 3. The molecule has 1 aromatic carbocycles. The number of amides is 1. The van der Waals surface area contributed by atoms with Crippen LogP contribution in [0.25, 0.3) is 0 Å². The van der Waals surface area contributed by atoms with Crippen LogP contribution in [0, 0.1) is 5.41 Å². The van der Waals surface area contributed by atoms with Crippen LogP contribution >= 0.6 is 0 Å². The molecule has 0 aromatic heterocycles. The van der Waals surface area contributed by atoms with Gasteiger partial charge in [0.05, 0.1) is 5.56 Å². The van der Waals surface area contributed by atoms with Crippen molar-refractivity contribution in [3.8, 4) is 0 Å². The van der Waals surface area contributed by atoms with E-state index in [9.17, 15) is 18.0 Å². The van der Waals surface area contributed by atoms with Gasteiger partial charge in [-0.05, 0) is 24.3 Å². The van der Waals surface area contributed by atoms with Crippen LogP contribution in [-0.2, 0) is 6.18 Å². The van der Waals surface area contributed by atoms with E-state index in [0.29, 0.717) is 0 Å². The minimum Gasteiger partial charge on any atom is -0.409 e. The van der Waals surface area contributed by atoms with Gasteiger partial charge in [0.25, 0.3) is 5.91 Å². The lowest BCUT2D eigenvalue weighted by atomic mass is 9.92. The first-order chi connectivity index (χ1) is 9.58. The van der Waals surface area contributed by atoms with Gasteiger partial charge >= 0.3 is 6.18 Å². The molecule has 116 valence electrons. The molecule has 0 saturated carbocycles. The van der Waals surface area contributed by atoms with E-state index in [4.69, 9.17) is 10.9 Å². The van der Waals surface area contributed by atoms with Gasteiger partial charge in [-0.2, -0.15) is 13.2 Å². The third-order valence-electron chi connectivity index (χ3n) is 2.97. The molecule has 0 aliphatic heterocycles. The Kier molecular flexibility index (Phi) is 4.82. The van der Waals surface area contributed by atoms with Crippen LogP contribution in [0.3, 0.4) is 0 Å². The second kappa shape index (κ2) is 6.02. The van der Waals surface area contributed by atoms with Crippen molar-refractivity contribution < 1.29 is 23.2 Å². The van der Waals surface area contributed by atoms with Crippen LogP contribution in [-0.4, -0.2) is 23.5 Å². The van der Waals surface area contributed by atoms with Crippen LogP contribution in [0.1, 0.15) is 29.8 Å². The Morgan fingerprint density at radius 3 is 2.24 bits per heavy atom. The molecule has 1 rings (SSSR count). The van der Waals surface area contributed by atoms with Crippen LogP contribution in [0.15, 0.2) is 29.4 Å². The van der Waals surface area contributed by atoms with E-state index in [1.165, 1.54) is 0 Å². The van der Waals surface area contributed by atoms with Crippen molar-refractivity contribution in [3.05, 3.63) is 35.4 Å². The predicted molar refractivity (Wildman–Crippen MR) is 71.0 cm³/mol. The van der Waals surface area contributed by atoms with Gasteiger partial charge in [-0.15, -0.1) is 0 Å². The number of nitrogens with one attached hydrogen (secondary N) is 1. The lowest BCUT2D eigenvalue weighted by Gasteiger charge is -2.23. The monoisotopic (exact) mass is 303 g/mol. The summed E-state index contributed by atoms with van der Waals surface area (Å²) in [5.74, 6) is -0.599. The quantitative estimate of drug-likeness (QED) is 0.345. The van der Waals surface area contributed by atoms with Crippen LogP contribution < -0.4 is 11.1 Å². The number of alkyl halides is 3. The highest BCUT2D eigenvalue weighted by molar-refractivity contribution is 5.95. The second-order valence-electron chi connectivity index (χ2n) is 5.13. The zero-order valence-corrected chi connectivity index (χ0v) is 11.5. The third-order valence-corrected chi connectivity index (χ3v) is 2.97. The Morgan fingerprint density at radius 2 is 1.81 bits per heavy atom. The fraction of sp³-hybridized carbons (Fsp3) is 0.385. The minimum atomic E-state index is -4.44. The first-order valence-corrected chi connectivity index (χ1v) is 6.01. The molecule has 0 saturated heterocycles. The zero-order chi connectivity index (χ0) is 16.3. The van der Waals surface area contributed by atoms with E-state index < -0.39 is 23.1 Å². The van der Waals surface area contributed by atoms with Gasteiger partial charge in [-0.3, -0.25) is 4.79 Å². The van der Waals surface area contributed by atoms with Gasteiger partial charge in [0.2, 0.25) is 0 Å². The van der Waals surface area contributed by atoms with E-state index in [2.05, 4.69) is 10.5 Å². The van der Waals surface area contributed by atoms with Crippen molar-refractivity contribution in [1.82, 2.24) is 5.32 Å². The van der Waals surface area contributed by atoms with Crippen molar-refractivity contribution in [1.29, 1.82) is 0 Å². The molecule has 4 N–H and O–H groups in total. The van der Waals surface area contributed by atoms with Gasteiger partial charge in [0, 0.05) is 17.5 Å². The Bertz CT molecular complexity index is 537. The number of halogens is 3. The van der Waals surface area contributed by atoms with Crippen molar-refractivity contribution in [2.45, 2.75) is 20.0 Å². The van der Waals surface area contributed by atoms with Crippen LogP contribution in [0.4, 0.5) is 13.2 Å². The maximum atomic E-state index is 12.4. The third kappa shape index (κ3) is 4.37. The summed E-state index contributed by atoms with van der Waals surface area (Å²) in [7, 11) is 0. The largest absolute Gasteiger partial charge is 0.416 e. The second-order valence-corrected chi connectivity index (χ2v) is 5.13. The molecule has 1 aromatic rings. The number of oxime groups is 1. The standard InChI is InChI=1S/C13H16F3N3O2/c1-12(2,11(17)19-21)7-18-10(20)8-3-5-9(6-4-8)13(14,15)16/h3-6,21H,7H2,1-2H3,(H2,17,19)(H,18,20). The van der Waals surface area contributed by atoms with Gasteiger partial charge < -0.3 is 16.3 Å². The summed E-state index contributed by atoms with van der Waals surface area (Å²) in [6, 6.07) is 3.86. The molecule has 0 spiro atoms. The normalized spacial score (nSPS) is 13.1. The fourth-order valence-corrected chi connectivity index (χ4v) is 1.44. The van der Waals surface area contributed by atoms with E-state index in [0.717, 1.165) is 24.3 Å². The molecule has 0 fully saturated rings. The predicted octanol–water partition coefficient (Wildman–Crippen LogP) is 2.21. The Balaban J connectivity index is 2.73. The SMILES string of the molecule is CC(C)(CNC(=O)c1ccc(C(F)(F)F)cc1)/C(N)=N/O. The van der Waals surface area contributed by atoms with Gasteiger partial charge in [-0.25, -0.2) is 0 Å². The van der Waals surface area contributed by atoms with E-state index in [-0.39, 0.29) is 17.9 Å². The average Bonchev–Trinajstić information content (AvgIpc) is 2.43. The highest BCUT2D eigenvalue weighted by atomic mass is 19.4. The topological polar surface area (TPSA) is 87.7 Å². The van der Waals surface area contributed by atoms with Crippen LogP contribution in [0.5, 0.6) is 0 Å². The molecule has 0 aliphatic carbocycles. The number of nitrogens with zero attached hydrogens (tertiary/aromatic N) is 1. The van der Waals surface area contributed by atoms with E-state index >= 15 is 0 Å². The Hall–Kier alpha value is -2.25. The molecule has 0 unspecified atom stereocenters. The van der Waals surface area contributed by atoms with Gasteiger partial charge in [-0.1, -0.05) is 19.0 Å². The fourth-order valence-electron chi connectivity index (χ4n) is 1.44. The number of carbonyl (C=O) groups is 1. The number of carbonyl (C=O) groups excluding carboxylic acids is 1. The number of hydrogen-bond donors (Lipinski definition) is 3. The number of benzene rings is 1. The smallest absolute Gasteiger partial charge is 0.409 e. The maximum Gasteiger partial charge on any atom is 0.416 e. The summed E-state index contributed by atoms with van der Waals surface area (Å²) >= 11 is 0. The Labute approximate surface area is 119 Å². The van der Waals surface area contributed by atoms with E-state index in [1.54, 1.807) is 13.8 Å². The number of nitrogens with two attached hydrogens (primary N) is 1. The molecule has 21 heavy (non-hydrogen) atoms. The first kappa shape index (κ1) is 16.8. The summed E-state index contributed by atoms with van der Waals surface area (Å²) in [6.07, 6.45) is -4.44. The summed E-state index contributed by atoms with van der Waals surface area (Å²) < 4.78 is 37.2. The molecule has 0 atom stereocenters. The highest BCUT2D eigenvalue weighted by Gasteiger charge is 2.30. The summed E-state index contributed by atoms with van der Waals surface area (Å²) in [5.41, 5.74) is 3.96. The lowest BCUT2D eigenvalue weighted by molar-refractivity contribution is -0.137. The van der Waals surface area contributed by atoms with Gasteiger partial charge in [0.1, 0.15) is 5.84 Å². The molecule has 5 nitrogen and oxygen atoms in total. The molecule has 0 radical (unpaired) electrons. The summed E-state index contributed by atoms with van der Waals surface area (Å²) in [6.45, 7) is 3.37. The van der Waals surface area contributed by atoms with E-state index in [1.807, 2.05) is 0 Å². The highest BCUT2D eigenvalue weighted by Crippen LogP contribution is 2.29. The average molecular weight is 303 g/mol. The molecule has 1 amide bonds. The molecular formula is C13H16F3N3O2. The lowest BCUT2D eigenvalue weighted by Crippen LogP contribution is -2.42. The van der Waals surface area contributed by atoms with Crippen LogP contribution in [0.2, 0.25) is 0 Å². The Morgan fingerprint density at radius 1 is 1.29 bits per heavy atom. The minimum absolute atomic E-state index is 0.0600. The van der Waals surface area contributed by atoms with Crippen molar-refractivity contribution in [3.63, 3.8) is 0 Å². The van der Waals surface area contributed by atoms with Crippen molar-refractivity contribution in [2.24, 2.45) is 16.3 Å². The molecule has 0 bridgehead atoms. The zero-order valence-electron chi connectivity index (χ0n) is 11.5. The molecule has 0 heterocycles. The van der Waals surface area contributed by atoms with Crippen molar-refractivity contribution in [2.75, 3.05) is 6.54 Å². The molecular weight excluding hydrogens is 287 g/mol. The summed E-state index contributed by atoms with van der Waals surface area (Å²) in [4.78, 5) is 11.8.